The van der Waals surface area contributed by atoms with Crippen molar-refractivity contribution in [1.82, 2.24) is 24.3 Å². The van der Waals surface area contributed by atoms with Crippen LogP contribution in [0.2, 0.25) is 0 Å². The fraction of sp³-hybridized carbons (Fsp3) is 0.556. The van der Waals surface area contributed by atoms with E-state index in [4.69, 9.17) is 14.3 Å². The van der Waals surface area contributed by atoms with E-state index in [0.717, 1.165) is 17.6 Å². The van der Waals surface area contributed by atoms with Crippen molar-refractivity contribution in [2.75, 3.05) is 70.5 Å². The summed E-state index contributed by atoms with van der Waals surface area (Å²) >= 11 is 0. The topological polar surface area (TPSA) is 53.3 Å². The van der Waals surface area contributed by atoms with Gasteiger partial charge in [0.15, 0.2) is 0 Å². The number of benzene rings is 1. The molecule has 0 aromatic heterocycles. The van der Waals surface area contributed by atoms with Crippen molar-refractivity contribution < 1.29 is 0 Å². The molecule has 0 bridgehead atoms. The Hall–Kier alpha value is -2.05. The van der Waals surface area contributed by atoms with Crippen LogP contribution >= 0.6 is 7.51 Å². The highest BCUT2D eigenvalue weighted by Gasteiger charge is 2.26. The summed E-state index contributed by atoms with van der Waals surface area (Å²) < 4.78 is 17.3. The highest BCUT2D eigenvalue weighted by molar-refractivity contribution is 7.61. The predicted octanol–water partition coefficient (Wildman–Crippen LogP) is 2.78. The van der Waals surface area contributed by atoms with Gasteiger partial charge in [0.2, 0.25) is 11.9 Å². The van der Waals surface area contributed by atoms with Crippen molar-refractivity contribution in [3.8, 4) is 0 Å². The molecule has 27 heavy (non-hydrogen) atoms. The van der Waals surface area contributed by atoms with Gasteiger partial charge in [0.25, 0.3) is 7.51 Å². The summed E-state index contributed by atoms with van der Waals surface area (Å²) in [5, 5.41) is 0. The van der Waals surface area contributed by atoms with Crippen molar-refractivity contribution in [3.63, 3.8) is 0 Å². The number of guanidine groups is 2. The molecule has 1 aromatic rings. The summed E-state index contributed by atoms with van der Waals surface area (Å²) in [6.45, 7) is 0. The van der Waals surface area contributed by atoms with Crippen LogP contribution in [-0.2, 0) is 0 Å². The van der Waals surface area contributed by atoms with E-state index in [2.05, 4.69) is 0 Å². The Morgan fingerprint density at radius 2 is 1.00 bits per heavy atom. The van der Waals surface area contributed by atoms with Gasteiger partial charge in [-0.1, -0.05) is 18.2 Å². The van der Waals surface area contributed by atoms with Gasteiger partial charge in [-0.25, -0.2) is 9.42 Å². The maximum Gasteiger partial charge on any atom is 0.266 e. The van der Waals surface area contributed by atoms with Crippen LogP contribution in [0, 0.1) is 0 Å². The number of hydrogen-bond donors (Lipinski definition) is 0. The lowest BCUT2D eigenvalue weighted by Crippen LogP contribution is -2.37. The molecule has 0 aliphatic heterocycles. The zero-order chi connectivity index (χ0) is 20.8. The van der Waals surface area contributed by atoms with Crippen LogP contribution in [0.5, 0.6) is 0 Å². The molecule has 0 fully saturated rings. The van der Waals surface area contributed by atoms with Crippen molar-refractivity contribution in [2.24, 2.45) is 14.3 Å². The highest BCUT2D eigenvalue weighted by Crippen LogP contribution is 2.57. The molecule has 1 aromatic carbocycles. The molecule has 0 radical (unpaired) electrons. The van der Waals surface area contributed by atoms with Crippen molar-refractivity contribution in [1.29, 1.82) is 0 Å². The Morgan fingerprint density at radius 3 is 1.30 bits per heavy atom. The summed E-state index contributed by atoms with van der Waals surface area (Å²) in [5.74, 6) is 1.63. The molecule has 0 amide bonds. The minimum atomic E-state index is -2.65. The maximum atomic E-state index is 5.10. The van der Waals surface area contributed by atoms with Gasteiger partial charge in [-0.15, -0.1) is 0 Å². The Labute approximate surface area is 165 Å². The summed E-state index contributed by atoms with van der Waals surface area (Å²) in [6, 6.07) is 9.92. The van der Waals surface area contributed by atoms with Crippen molar-refractivity contribution in [2.45, 2.75) is 0 Å². The Morgan fingerprint density at radius 1 is 0.630 bits per heavy atom. The third kappa shape index (κ3) is 6.26. The molecule has 0 aliphatic rings. The first kappa shape index (κ1) is 23.0. The first-order valence-corrected chi connectivity index (χ1v) is 10.3. The second-order valence-corrected chi connectivity index (χ2v) is 9.67. The third-order valence-electron chi connectivity index (χ3n) is 3.59. The SMILES string of the molecule is CN(C)C(=NP(N=C(N(C)C)N(C)C)(=Nc1ccccc1)N(C)C)N(C)C. The fourth-order valence-electron chi connectivity index (χ4n) is 2.38. The third-order valence-corrected chi connectivity index (χ3v) is 6.06. The van der Waals surface area contributed by atoms with Crippen LogP contribution in [0.15, 0.2) is 44.6 Å². The molecule has 1 rings (SSSR count). The molecule has 0 atom stereocenters. The van der Waals surface area contributed by atoms with E-state index >= 15 is 0 Å². The molecule has 8 nitrogen and oxygen atoms in total. The predicted molar refractivity (Wildman–Crippen MR) is 119 cm³/mol. The van der Waals surface area contributed by atoms with Gasteiger partial charge in [-0.05, 0) is 26.2 Å². The zero-order valence-corrected chi connectivity index (χ0v) is 19.3. The van der Waals surface area contributed by atoms with Gasteiger partial charge >= 0.3 is 0 Å². The first-order valence-electron chi connectivity index (χ1n) is 8.75. The first-order chi connectivity index (χ1) is 12.5. The minimum absolute atomic E-state index is 0.817. The van der Waals surface area contributed by atoms with Crippen LogP contribution in [0.1, 0.15) is 0 Å². The van der Waals surface area contributed by atoms with Gasteiger partial charge in [0.05, 0.1) is 5.69 Å². The number of rotatable bonds is 4. The van der Waals surface area contributed by atoms with E-state index < -0.39 is 7.51 Å². The van der Waals surface area contributed by atoms with Crippen molar-refractivity contribution >= 4 is 25.1 Å². The normalized spacial score (nSPS) is 10.9. The Balaban J connectivity index is 3.90. The maximum absolute atomic E-state index is 5.10. The van der Waals surface area contributed by atoms with Gasteiger partial charge in [0, 0.05) is 56.4 Å². The van der Waals surface area contributed by atoms with Crippen LogP contribution in [0.4, 0.5) is 5.69 Å². The van der Waals surface area contributed by atoms with Crippen LogP contribution in [-0.4, -0.2) is 107 Å². The fourth-order valence-corrected chi connectivity index (χ4v) is 4.69. The van der Waals surface area contributed by atoms with E-state index in [1.54, 1.807) is 0 Å². The van der Waals surface area contributed by atoms with E-state index in [-0.39, 0.29) is 0 Å². The lowest BCUT2D eigenvalue weighted by Gasteiger charge is -2.31. The van der Waals surface area contributed by atoms with E-state index in [1.165, 1.54) is 0 Å². The monoisotopic (exact) mass is 394 g/mol. The second kappa shape index (κ2) is 9.76. The molecule has 0 unspecified atom stereocenters. The number of nitrogens with zero attached hydrogens (tertiary/aromatic N) is 8. The van der Waals surface area contributed by atoms with Gasteiger partial charge in [-0.2, -0.15) is 9.53 Å². The summed E-state index contributed by atoms with van der Waals surface area (Å²) in [4.78, 5) is 7.94. The van der Waals surface area contributed by atoms with E-state index in [1.807, 2.05) is 125 Å². The Kier molecular flexibility index (Phi) is 8.31. The van der Waals surface area contributed by atoms with Gasteiger partial charge in [-0.3, -0.25) is 0 Å². The zero-order valence-electron chi connectivity index (χ0n) is 18.4. The number of hydrogen-bond acceptors (Lipinski definition) is 1. The largest absolute Gasteiger partial charge is 0.349 e. The average molecular weight is 395 g/mol. The van der Waals surface area contributed by atoms with Crippen LogP contribution in [0.3, 0.4) is 0 Å². The molecule has 9 heteroatoms. The summed E-state index contributed by atoms with van der Waals surface area (Å²) in [7, 11) is 17.2. The average Bonchev–Trinajstić information content (AvgIpc) is 2.56. The molecule has 0 aliphatic carbocycles. The van der Waals surface area contributed by atoms with Crippen LogP contribution < -0.4 is 0 Å². The lowest BCUT2D eigenvalue weighted by atomic mass is 10.3. The lowest BCUT2D eigenvalue weighted by molar-refractivity contribution is 0.481. The molecule has 0 heterocycles. The van der Waals surface area contributed by atoms with E-state index in [9.17, 15) is 0 Å². The molecule has 0 saturated carbocycles. The quantitative estimate of drug-likeness (QED) is 0.447. The summed E-state index contributed by atoms with van der Waals surface area (Å²) in [5.41, 5.74) is 0.862. The van der Waals surface area contributed by atoms with Crippen LogP contribution in [0.25, 0.3) is 0 Å². The minimum Gasteiger partial charge on any atom is -0.349 e. The summed E-state index contributed by atoms with van der Waals surface area (Å²) in [6.07, 6.45) is 0. The molecule has 0 spiro atoms. The molecule has 152 valence electrons. The highest BCUT2D eigenvalue weighted by atomic mass is 31.2. The Bertz CT molecular complexity index is 651. The molecular weight excluding hydrogens is 359 g/mol. The second-order valence-electron chi connectivity index (χ2n) is 7.20. The van der Waals surface area contributed by atoms with Gasteiger partial charge < -0.3 is 19.6 Å². The molecular formula is C18H35N8P. The standard InChI is InChI=1S/C18H35N8P/c1-22(2)17(23(3)4)20-27(26(9)10,19-16-14-12-11-13-15-16)21-18(24(5)6)25(7)8/h11-15H,1-10H3. The van der Waals surface area contributed by atoms with E-state index in [0.29, 0.717) is 0 Å². The smallest absolute Gasteiger partial charge is 0.266 e. The molecule has 0 N–H and O–H groups in total. The van der Waals surface area contributed by atoms with Gasteiger partial charge in [0.1, 0.15) is 0 Å². The van der Waals surface area contributed by atoms with Crippen molar-refractivity contribution in [3.05, 3.63) is 30.3 Å². The molecule has 0 saturated heterocycles.